The number of nitrogens with zero attached hydrogens (tertiary/aromatic N) is 4. The zero-order valence-electron chi connectivity index (χ0n) is 21.7. The summed E-state index contributed by atoms with van der Waals surface area (Å²) in [5, 5.41) is 22.1. The van der Waals surface area contributed by atoms with Crippen LogP contribution in [-0.2, 0) is 7.05 Å². The normalized spacial score (nSPS) is 11.8. The Morgan fingerprint density at radius 1 is 1.12 bits per heavy atom. The number of carbonyl (C=O) groups excluding carboxylic acids is 1. The van der Waals surface area contributed by atoms with Crippen LogP contribution < -0.4 is 26.6 Å². The number of aromatic nitrogens is 5. The van der Waals surface area contributed by atoms with Crippen molar-refractivity contribution in [3.8, 4) is 17.2 Å². The molecule has 0 saturated carbocycles. The molecular formula is C27H23F2N7O5. The van der Waals surface area contributed by atoms with Crippen LogP contribution in [0.15, 0.2) is 70.5 Å². The van der Waals surface area contributed by atoms with Crippen molar-refractivity contribution < 1.29 is 23.4 Å². The summed E-state index contributed by atoms with van der Waals surface area (Å²) < 4.78 is 36.0. The molecule has 0 spiro atoms. The molecule has 5 aromatic rings. The highest BCUT2D eigenvalue weighted by Crippen LogP contribution is 2.34. The first kappa shape index (κ1) is 27.2. The van der Waals surface area contributed by atoms with E-state index in [1.807, 2.05) is 0 Å². The van der Waals surface area contributed by atoms with E-state index in [4.69, 9.17) is 4.74 Å². The first-order valence-corrected chi connectivity index (χ1v) is 12.2. The Hall–Kier alpha value is -5.37. The van der Waals surface area contributed by atoms with Gasteiger partial charge in [0.05, 0.1) is 12.3 Å². The number of aliphatic hydroxyl groups is 1. The molecule has 41 heavy (non-hydrogen) atoms. The maximum Gasteiger partial charge on any atom is 0.335 e. The summed E-state index contributed by atoms with van der Waals surface area (Å²) in [7, 11) is 1.35. The van der Waals surface area contributed by atoms with E-state index < -0.39 is 34.4 Å². The van der Waals surface area contributed by atoms with E-state index in [1.54, 1.807) is 6.92 Å². The lowest BCUT2D eigenvalue weighted by molar-refractivity contribution is 0.102. The van der Waals surface area contributed by atoms with E-state index in [-0.39, 0.29) is 35.5 Å². The van der Waals surface area contributed by atoms with Crippen LogP contribution in [0.25, 0.3) is 16.7 Å². The van der Waals surface area contributed by atoms with E-state index in [0.717, 1.165) is 33.5 Å². The second-order valence-corrected chi connectivity index (χ2v) is 9.09. The van der Waals surface area contributed by atoms with Crippen molar-refractivity contribution in [2.24, 2.45) is 7.05 Å². The SMILES string of the molecule is C[C@H](CO)Nc1n[nH]c2nccc(Oc3ccc(NC(=O)c4cn(C)c(=O)n(-c5ccc(F)cc5)c4=O)cc3F)c12. The van der Waals surface area contributed by atoms with Gasteiger partial charge in [-0.1, -0.05) is 0 Å². The molecule has 0 aliphatic carbocycles. The summed E-state index contributed by atoms with van der Waals surface area (Å²) in [4.78, 5) is 42.8. The number of fused-ring (bicyclic) bond motifs is 1. The number of carbonyl (C=O) groups is 1. The fourth-order valence-corrected chi connectivity index (χ4v) is 4.01. The van der Waals surface area contributed by atoms with Crippen molar-refractivity contribution in [3.63, 3.8) is 0 Å². The van der Waals surface area contributed by atoms with Crippen LogP contribution in [0, 0.1) is 11.6 Å². The summed E-state index contributed by atoms with van der Waals surface area (Å²) in [6, 6.07) is 9.51. The largest absolute Gasteiger partial charge is 0.453 e. The fraction of sp³-hybridized carbons (Fsp3) is 0.148. The van der Waals surface area contributed by atoms with Gasteiger partial charge in [0.15, 0.2) is 23.0 Å². The molecule has 4 N–H and O–H groups in total. The number of hydrogen-bond donors (Lipinski definition) is 4. The molecule has 12 nitrogen and oxygen atoms in total. The number of nitrogens with one attached hydrogen (secondary N) is 3. The second-order valence-electron chi connectivity index (χ2n) is 9.09. The number of ether oxygens (including phenoxy) is 1. The van der Waals surface area contributed by atoms with E-state index in [0.29, 0.717) is 16.9 Å². The lowest BCUT2D eigenvalue weighted by Crippen LogP contribution is -2.41. The van der Waals surface area contributed by atoms with Gasteiger partial charge in [-0.25, -0.2) is 23.1 Å². The average Bonchev–Trinajstić information content (AvgIpc) is 3.36. The zero-order chi connectivity index (χ0) is 29.3. The van der Waals surface area contributed by atoms with Gasteiger partial charge in [-0.05, 0) is 43.3 Å². The van der Waals surface area contributed by atoms with Gasteiger partial charge in [0.2, 0.25) is 0 Å². The lowest BCUT2D eigenvalue weighted by Gasteiger charge is -2.13. The summed E-state index contributed by atoms with van der Waals surface area (Å²) in [5.74, 6) is -1.85. The molecule has 0 bridgehead atoms. The molecule has 3 aromatic heterocycles. The Bertz CT molecular complexity index is 1880. The highest BCUT2D eigenvalue weighted by Gasteiger charge is 2.20. The van der Waals surface area contributed by atoms with Crippen molar-refractivity contribution in [3.05, 3.63) is 99.0 Å². The molecule has 1 atom stereocenters. The fourth-order valence-electron chi connectivity index (χ4n) is 4.01. The number of rotatable bonds is 8. The molecule has 210 valence electrons. The number of hydrogen-bond acceptors (Lipinski definition) is 8. The topological polar surface area (TPSA) is 156 Å². The van der Waals surface area contributed by atoms with Gasteiger partial charge in [-0.2, -0.15) is 5.10 Å². The van der Waals surface area contributed by atoms with Crippen LogP contribution in [0.5, 0.6) is 11.5 Å². The molecule has 0 aliphatic rings. The predicted octanol–water partition coefficient (Wildman–Crippen LogP) is 2.92. The number of benzene rings is 2. The number of halogens is 2. The minimum absolute atomic E-state index is 0.0174. The number of aromatic amines is 1. The molecule has 2 aromatic carbocycles. The maximum atomic E-state index is 15.1. The van der Waals surface area contributed by atoms with E-state index in [9.17, 15) is 23.9 Å². The number of amides is 1. The Morgan fingerprint density at radius 2 is 1.88 bits per heavy atom. The number of pyridine rings is 1. The third-order valence-electron chi connectivity index (χ3n) is 6.07. The van der Waals surface area contributed by atoms with E-state index in [2.05, 4.69) is 25.8 Å². The molecule has 5 rings (SSSR count). The van der Waals surface area contributed by atoms with Crippen molar-refractivity contribution in [2.75, 3.05) is 17.2 Å². The van der Waals surface area contributed by atoms with Crippen molar-refractivity contribution in [2.45, 2.75) is 13.0 Å². The molecular weight excluding hydrogens is 540 g/mol. The predicted molar refractivity (Wildman–Crippen MR) is 146 cm³/mol. The maximum absolute atomic E-state index is 15.1. The third kappa shape index (κ3) is 5.40. The van der Waals surface area contributed by atoms with Gasteiger partial charge in [-0.15, -0.1) is 0 Å². The summed E-state index contributed by atoms with van der Waals surface area (Å²) in [6.07, 6.45) is 2.52. The molecule has 0 saturated heterocycles. The van der Waals surface area contributed by atoms with Crippen LogP contribution in [0.4, 0.5) is 20.3 Å². The Morgan fingerprint density at radius 3 is 2.59 bits per heavy atom. The van der Waals surface area contributed by atoms with Gasteiger partial charge in [0, 0.05) is 43.3 Å². The van der Waals surface area contributed by atoms with Gasteiger partial charge < -0.3 is 25.0 Å². The molecule has 0 fully saturated rings. The van der Waals surface area contributed by atoms with E-state index in [1.165, 1.54) is 43.6 Å². The second kappa shape index (κ2) is 11.0. The summed E-state index contributed by atoms with van der Waals surface area (Å²) in [6.45, 7) is 1.60. The number of aryl methyl sites for hydroxylation is 1. The van der Waals surface area contributed by atoms with Gasteiger partial charge >= 0.3 is 5.69 Å². The standard InChI is InChI=1S/C27H23F2N7O5/c1-14(13-37)31-24-22-21(9-10-30-23(22)33-34-24)41-20-8-5-16(11-19(20)29)32-25(38)18-12-35(2)27(40)36(26(18)39)17-6-3-15(28)4-7-17/h3-12,14,37H,13H2,1-2H3,(H,32,38)(H2,30,31,33,34)/t14-/m1/s1. The van der Waals surface area contributed by atoms with Crippen molar-refractivity contribution in [1.82, 2.24) is 24.3 Å². The van der Waals surface area contributed by atoms with Crippen molar-refractivity contribution in [1.29, 1.82) is 0 Å². The minimum Gasteiger partial charge on any atom is -0.453 e. The highest BCUT2D eigenvalue weighted by molar-refractivity contribution is 6.04. The first-order chi connectivity index (χ1) is 19.7. The Kier molecular flexibility index (Phi) is 7.31. The number of aliphatic hydroxyl groups excluding tert-OH is 1. The van der Waals surface area contributed by atoms with Gasteiger partial charge in [-0.3, -0.25) is 14.7 Å². The average molecular weight is 564 g/mol. The molecule has 1 amide bonds. The van der Waals surface area contributed by atoms with Crippen molar-refractivity contribution >= 4 is 28.4 Å². The van der Waals surface area contributed by atoms with Gasteiger partial charge in [0.1, 0.15) is 22.5 Å². The number of H-pyrrole nitrogens is 1. The first-order valence-electron chi connectivity index (χ1n) is 12.2. The Balaban J connectivity index is 1.41. The molecule has 0 aliphatic heterocycles. The number of anilines is 2. The van der Waals surface area contributed by atoms with Crippen LogP contribution in [0.1, 0.15) is 17.3 Å². The molecule has 3 heterocycles. The van der Waals surface area contributed by atoms with Crippen LogP contribution in [-0.4, -0.2) is 48.0 Å². The molecule has 0 radical (unpaired) electrons. The van der Waals surface area contributed by atoms with E-state index >= 15 is 4.39 Å². The summed E-state index contributed by atoms with van der Waals surface area (Å²) in [5.41, 5.74) is -1.59. The van der Waals surface area contributed by atoms with Crippen LogP contribution >= 0.6 is 0 Å². The molecule has 0 unspecified atom stereocenters. The quantitative estimate of drug-likeness (QED) is 0.225. The molecule has 14 heteroatoms. The highest BCUT2D eigenvalue weighted by atomic mass is 19.1. The van der Waals surface area contributed by atoms with Gasteiger partial charge in [0.25, 0.3) is 11.5 Å². The van der Waals surface area contributed by atoms with Crippen LogP contribution in [0.2, 0.25) is 0 Å². The summed E-state index contributed by atoms with van der Waals surface area (Å²) >= 11 is 0. The monoisotopic (exact) mass is 563 g/mol. The smallest absolute Gasteiger partial charge is 0.335 e. The Labute approximate surface area is 229 Å². The van der Waals surface area contributed by atoms with Crippen LogP contribution in [0.3, 0.4) is 0 Å². The third-order valence-corrected chi connectivity index (χ3v) is 6.07. The lowest BCUT2D eigenvalue weighted by atomic mass is 10.2. The minimum atomic E-state index is -0.931. The zero-order valence-corrected chi connectivity index (χ0v) is 21.7.